The minimum atomic E-state index is -0.165. The molecule has 2 N–H and O–H groups in total. The van der Waals surface area contributed by atoms with E-state index in [-0.39, 0.29) is 41.3 Å². The summed E-state index contributed by atoms with van der Waals surface area (Å²) in [6.45, 7) is 10.6. The van der Waals surface area contributed by atoms with Gasteiger partial charge >= 0.3 is 29.8 Å². The van der Waals surface area contributed by atoms with Crippen LogP contribution in [0.5, 0.6) is 28.7 Å². The van der Waals surface area contributed by atoms with Gasteiger partial charge in [-0.15, -0.1) is 0 Å². The SMILES string of the molecule is CC[N+](C)(C)CCCOC(=O)CCc1ccc(OC)cc1.CN(C)CCCOC(=O)CCc1ccc(O)cc1.COc1ccc(CCC(=O)OCCCN(C)C)cc1.COc1ccc(CCC(=O)OCCC[N+](C)(C)C)cc1.C[N+](C)(C)CCCOC(=O)CCc1ccc(O)cc1. The summed E-state index contributed by atoms with van der Waals surface area (Å²) in [5.74, 6) is 2.28. The molecule has 0 aromatic heterocycles. The Morgan fingerprint density at radius 3 is 0.763 bits per heavy atom. The highest BCUT2D eigenvalue weighted by Gasteiger charge is 2.14. The van der Waals surface area contributed by atoms with Crippen LogP contribution in [0, 0.1) is 0 Å². The predicted octanol–water partition coefficient (Wildman–Crippen LogP) is 10.8. The fraction of sp³-hybridized carbons (Fsp3) is 0.545. The van der Waals surface area contributed by atoms with Crippen molar-refractivity contribution < 1.29 is 85.5 Å². The lowest BCUT2D eigenvalue weighted by Crippen LogP contribution is -2.40. The number of hydrogen-bond acceptors (Lipinski definition) is 17. The van der Waals surface area contributed by atoms with Crippen LogP contribution in [0.4, 0.5) is 0 Å². The average molecular weight is 1360 g/mol. The minimum absolute atomic E-state index is 0.118. The first-order chi connectivity index (χ1) is 45.9. The Morgan fingerprint density at radius 2 is 0.557 bits per heavy atom. The highest BCUT2D eigenvalue weighted by atomic mass is 16.5. The zero-order chi connectivity index (χ0) is 72.5. The molecule has 0 heterocycles. The van der Waals surface area contributed by atoms with Crippen LogP contribution in [0.15, 0.2) is 121 Å². The predicted molar refractivity (Wildman–Crippen MR) is 385 cm³/mol. The number of benzene rings is 5. The summed E-state index contributed by atoms with van der Waals surface area (Å²) in [5.41, 5.74) is 5.41. The van der Waals surface area contributed by atoms with Gasteiger partial charge in [0, 0.05) is 64.5 Å². The first-order valence-corrected chi connectivity index (χ1v) is 33.9. The Kier molecular flexibility index (Phi) is 45.5. The van der Waals surface area contributed by atoms with E-state index in [1.807, 2.05) is 125 Å². The van der Waals surface area contributed by atoms with Crippen LogP contribution < -0.4 is 14.2 Å². The molecule has 97 heavy (non-hydrogen) atoms. The lowest BCUT2D eigenvalue weighted by atomic mass is 10.1. The molecule has 5 aromatic rings. The third-order valence-electron chi connectivity index (χ3n) is 15.0. The zero-order valence-corrected chi connectivity index (χ0v) is 61.9. The number of ether oxygens (including phenoxy) is 8. The van der Waals surface area contributed by atoms with Gasteiger partial charge in [-0.3, -0.25) is 24.0 Å². The summed E-state index contributed by atoms with van der Waals surface area (Å²) in [7, 11) is 30.0. The number of rotatable bonds is 39. The van der Waals surface area contributed by atoms with Crippen molar-refractivity contribution in [3.05, 3.63) is 149 Å². The number of aryl methyl sites for hydroxylation is 5. The van der Waals surface area contributed by atoms with Crippen LogP contribution in [-0.4, -0.2) is 242 Å². The highest BCUT2D eigenvalue weighted by Crippen LogP contribution is 2.17. The van der Waals surface area contributed by atoms with Crippen molar-refractivity contribution in [2.45, 2.75) is 103 Å². The molecule has 0 aliphatic heterocycles. The second kappa shape index (κ2) is 50.6. The van der Waals surface area contributed by atoms with E-state index in [1.165, 1.54) is 0 Å². The van der Waals surface area contributed by atoms with Gasteiger partial charge in [0.1, 0.15) is 28.7 Å². The van der Waals surface area contributed by atoms with Crippen molar-refractivity contribution in [3.8, 4) is 28.7 Å². The molecule has 0 atom stereocenters. The normalized spacial score (nSPS) is 11.0. The van der Waals surface area contributed by atoms with Gasteiger partial charge in [0.25, 0.3) is 0 Å². The van der Waals surface area contributed by atoms with Crippen LogP contribution in [0.2, 0.25) is 0 Å². The number of hydrogen-bond donors (Lipinski definition) is 2. The van der Waals surface area contributed by atoms with Gasteiger partial charge in [-0.05, 0) is 169 Å². The number of methoxy groups -OCH3 is 3. The third-order valence-corrected chi connectivity index (χ3v) is 15.0. The second-order valence-electron chi connectivity index (χ2n) is 26.9. The molecule has 542 valence electrons. The number of phenols is 2. The summed E-state index contributed by atoms with van der Waals surface area (Å²) in [6.07, 6.45) is 9.89. The molecule has 0 spiro atoms. The van der Waals surface area contributed by atoms with E-state index in [2.05, 4.69) is 73.1 Å². The lowest BCUT2D eigenvalue weighted by Gasteiger charge is -2.27. The van der Waals surface area contributed by atoms with Gasteiger partial charge in [-0.25, -0.2) is 0 Å². The average Bonchev–Trinajstić information content (AvgIpc) is 1.23. The molecule has 0 unspecified atom stereocenters. The number of nitrogens with zero attached hydrogens (tertiary/aromatic N) is 5. The van der Waals surface area contributed by atoms with Gasteiger partial charge in [0.05, 0.1) is 137 Å². The Hall–Kier alpha value is -7.75. The lowest BCUT2D eigenvalue weighted by molar-refractivity contribution is -0.888. The molecule has 5 rings (SSSR count). The molecule has 20 heteroatoms. The van der Waals surface area contributed by atoms with E-state index in [0.717, 1.165) is 130 Å². The van der Waals surface area contributed by atoms with E-state index in [0.29, 0.717) is 97.2 Å². The van der Waals surface area contributed by atoms with Crippen molar-refractivity contribution in [3.63, 3.8) is 0 Å². The minimum Gasteiger partial charge on any atom is -0.508 e. The molecular formula is C77H122N5O15+3. The molecule has 0 radical (unpaired) electrons. The molecule has 0 saturated carbocycles. The Labute approximate surface area is 582 Å². The number of carbonyl (C=O) groups excluding carboxylic acids is 5. The van der Waals surface area contributed by atoms with Gasteiger partial charge in [-0.2, -0.15) is 0 Å². The van der Waals surface area contributed by atoms with Gasteiger partial charge in [0.2, 0.25) is 0 Å². The summed E-state index contributed by atoms with van der Waals surface area (Å²) >= 11 is 0. The summed E-state index contributed by atoms with van der Waals surface area (Å²) in [4.78, 5) is 61.9. The van der Waals surface area contributed by atoms with E-state index in [4.69, 9.17) is 48.1 Å². The van der Waals surface area contributed by atoms with Crippen molar-refractivity contribution in [2.24, 2.45) is 0 Å². The van der Waals surface area contributed by atoms with E-state index in [9.17, 15) is 24.0 Å². The number of quaternary nitrogens is 3. The Morgan fingerprint density at radius 1 is 0.340 bits per heavy atom. The molecular weight excluding hydrogens is 1230 g/mol. The molecule has 5 aromatic carbocycles. The van der Waals surface area contributed by atoms with Crippen molar-refractivity contribution in [2.75, 3.05) is 178 Å². The van der Waals surface area contributed by atoms with Gasteiger partial charge in [-0.1, -0.05) is 60.7 Å². The van der Waals surface area contributed by atoms with Crippen molar-refractivity contribution in [1.82, 2.24) is 9.80 Å². The molecule has 0 amide bonds. The fourth-order valence-corrected chi connectivity index (χ4v) is 8.71. The van der Waals surface area contributed by atoms with Crippen LogP contribution in [0.3, 0.4) is 0 Å². The standard InChI is InChI=1S/C17H28NO3.C16H26NO3.2C15H23NO3.C14H21NO3/c1-5-18(2,3)13-6-14-21-17(19)12-9-15-7-10-16(20-4)11-8-15;1-17(2,3)12-5-13-20-16(18)11-8-14-6-9-15(19-4)10-7-14;1-16(2)11-4-12-19-15(17)10-7-13-5-8-14(18-3)9-6-13;1-16(2,3)11-4-12-19-15(18)10-7-13-5-8-14(17)9-6-13;1-15(2)10-3-11-18-14(17)9-6-12-4-7-13(16)8-5-12/h7-8,10-11H,5-6,9,12-14H2,1-4H3;6-7,9-10H,5,8,11-13H2,1-4H3;2*5-6,8-9H,4,7,10-12H2,1-3H3;4-5,7-8,16H,3,6,9-11H2,1-2H3/q2*+1;;;/p+1. The number of phenolic OH excluding ortho intramolecular Hbond substituents is 2. The topological polar surface area (TPSA) is 206 Å². The molecule has 0 aliphatic carbocycles. The van der Waals surface area contributed by atoms with E-state index < -0.39 is 0 Å². The molecule has 0 aliphatic rings. The smallest absolute Gasteiger partial charge is 0.306 e. The number of esters is 5. The molecule has 0 saturated heterocycles. The maximum Gasteiger partial charge on any atom is 0.306 e. The van der Waals surface area contributed by atoms with Crippen LogP contribution in [0.25, 0.3) is 0 Å². The quantitative estimate of drug-likeness (QED) is 0.0162. The van der Waals surface area contributed by atoms with Crippen LogP contribution in [-0.2, 0) is 79.8 Å². The van der Waals surface area contributed by atoms with Crippen LogP contribution in [0.1, 0.15) is 98.9 Å². The highest BCUT2D eigenvalue weighted by molar-refractivity contribution is 5.71. The van der Waals surface area contributed by atoms with Crippen molar-refractivity contribution in [1.29, 1.82) is 0 Å². The second-order valence-corrected chi connectivity index (χ2v) is 26.9. The Balaban J connectivity index is 0.000000607. The maximum atomic E-state index is 11.7. The first-order valence-electron chi connectivity index (χ1n) is 33.9. The molecule has 0 fully saturated rings. The van der Waals surface area contributed by atoms with E-state index in [1.54, 1.807) is 45.6 Å². The number of aromatic hydroxyl groups is 2. The van der Waals surface area contributed by atoms with Crippen LogP contribution >= 0.6 is 0 Å². The Bertz CT molecular complexity index is 2870. The largest absolute Gasteiger partial charge is 0.508 e. The summed E-state index contributed by atoms with van der Waals surface area (Å²) in [6, 6.07) is 37.0. The fourth-order valence-electron chi connectivity index (χ4n) is 8.71. The monoisotopic (exact) mass is 1360 g/mol. The third kappa shape index (κ3) is 50.3. The molecule has 0 bridgehead atoms. The first kappa shape index (κ1) is 87.3. The molecule has 20 nitrogen and oxygen atoms in total. The van der Waals surface area contributed by atoms with Gasteiger partial charge < -0.3 is 71.4 Å². The van der Waals surface area contributed by atoms with Crippen molar-refractivity contribution >= 4 is 29.8 Å². The maximum absolute atomic E-state index is 11.7. The zero-order valence-electron chi connectivity index (χ0n) is 61.9. The number of carbonyl (C=O) groups is 5. The van der Waals surface area contributed by atoms with Gasteiger partial charge in [0.15, 0.2) is 0 Å². The summed E-state index contributed by atoms with van der Waals surface area (Å²) in [5, 5.41) is 18.3. The van der Waals surface area contributed by atoms with E-state index >= 15 is 0 Å². The summed E-state index contributed by atoms with van der Waals surface area (Å²) < 4.78 is 44.0.